The molecule has 1 aromatic rings. The van der Waals surface area contributed by atoms with Gasteiger partial charge in [-0.15, -0.1) is 11.3 Å². The second-order valence-electron chi connectivity index (χ2n) is 2.71. The Morgan fingerprint density at radius 1 is 1.64 bits per heavy atom. The van der Waals surface area contributed by atoms with Crippen LogP contribution in [0.5, 0.6) is 0 Å². The van der Waals surface area contributed by atoms with Crippen LogP contribution in [0.3, 0.4) is 0 Å². The quantitative estimate of drug-likeness (QED) is 0.458. The minimum Gasteiger partial charge on any atom is -0.370 e. The molecule has 14 heavy (non-hydrogen) atoms. The molecular weight excluding hydrogens is 216 g/mol. The molecule has 0 aromatic carbocycles. The molecular formula is C8H14N4S2. The Balaban J connectivity index is 2.47. The maximum Gasteiger partial charge on any atom is 0.212 e. The van der Waals surface area contributed by atoms with Crippen molar-refractivity contribution in [3.05, 3.63) is 11.1 Å². The van der Waals surface area contributed by atoms with Gasteiger partial charge in [-0.05, 0) is 12.2 Å². The van der Waals surface area contributed by atoms with E-state index in [1.165, 1.54) is 17.8 Å². The molecule has 1 heterocycles. The molecule has 0 unspecified atom stereocenters. The molecule has 0 atom stereocenters. The van der Waals surface area contributed by atoms with Crippen molar-refractivity contribution in [3.63, 3.8) is 0 Å². The molecule has 4 nitrogen and oxygen atoms in total. The Bertz CT molecular complexity index is 304. The van der Waals surface area contributed by atoms with Gasteiger partial charge in [-0.25, -0.2) is 4.98 Å². The highest BCUT2D eigenvalue weighted by molar-refractivity contribution is 7.98. The molecule has 0 spiro atoms. The molecule has 6 heteroatoms. The fraction of sp³-hybridized carbons (Fsp3) is 0.500. The number of rotatable bonds is 5. The van der Waals surface area contributed by atoms with E-state index >= 15 is 0 Å². The Morgan fingerprint density at radius 3 is 3.07 bits per heavy atom. The lowest BCUT2D eigenvalue weighted by atomic mass is 10.6. The van der Waals surface area contributed by atoms with Gasteiger partial charge in [-0.3, -0.25) is 0 Å². The first kappa shape index (κ1) is 11.3. The lowest BCUT2D eigenvalue weighted by Crippen LogP contribution is -2.21. The summed E-state index contributed by atoms with van der Waals surface area (Å²) in [7, 11) is 0. The van der Waals surface area contributed by atoms with Crippen LogP contribution in [0.25, 0.3) is 0 Å². The first-order valence-corrected chi connectivity index (χ1v) is 6.37. The summed E-state index contributed by atoms with van der Waals surface area (Å²) in [4.78, 5) is 8.15. The molecule has 0 bridgehead atoms. The van der Waals surface area contributed by atoms with Crippen molar-refractivity contribution in [1.29, 1.82) is 0 Å². The number of nitrogens with two attached hydrogens (primary N) is 2. The third-order valence-electron chi connectivity index (χ3n) is 1.36. The van der Waals surface area contributed by atoms with Gasteiger partial charge in [0.25, 0.3) is 0 Å². The van der Waals surface area contributed by atoms with Crippen LogP contribution in [0.2, 0.25) is 0 Å². The molecule has 0 saturated heterocycles. The van der Waals surface area contributed by atoms with Crippen LogP contribution >= 0.6 is 23.1 Å². The lowest BCUT2D eigenvalue weighted by Gasteiger charge is -1.93. The van der Waals surface area contributed by atoms with E-state index in [4.69, 9.17) is 11.5 Å². The molecule has 78 valence electrons. The van der Waals surface area contributed by atoms with Gasteiger partial charge in [0.1, 0.15) is 0 Å². The van der Waals surface area contributed by atoms with E-state index in [1.807, 2.05) is 17.1 Å². The maximum absolute atomic E-state index is 5.24. The van der Waals surface area contributed by atoms with Crippen LogP contribution in [-0.2, 0) is 5.75 Å². The Labute approximate surface area is 91.8 Å². The molecule has 0 aliphatic rings. The van der Waals surface area contributed by atoms with E-state index in [1.54, 1.807) is 0 Å². The number of thioether (sulfide) groups is 1. The molecule has 4 N–H and O–H groups in total. The molecule has 0 aliphatic heterocycles. The summed E-state index contributed by atoms with van der Waals surface area (Å²) in [6.07, 6.45) is 1.19. The smallest absolute Gasteiger partial charge is 0.212 e. The number of aliphatic imine (C=N–C) groups is 1. The van der Waals surface area contributed by atoms with Crippen molar-refractivity contribution in [2.24, 2.45) is 16.5 Å². The number of nitrogens with zero attached hydrogens (tertiary/aromatic N) is 2. The maximum atomic E-state index is 5.24. The van der Waals surface area contributed by atoms with Crippen molar-refractivity contribution >= 4 is 34.2 Å². The molecule has 1 aromatic heterocycles. The SMILES string of the molecule is CCCSCc1csc(N=C(N)N)n1. The normalized spacial score (nSPS) is 10.1. The highest BCUT2D eigenvalue weighted by atomic mass is 32.2. The van der Waals surface area contributed by atoms with Crippen LogP contribution in [0.1, 0.15) is 19.0 Å². The third kappa shape index (κ3) is 3.97. The Hall–Kier alpha value is -0.750. The van der Waals surface area contributed by atoms with Gasteiger partial charge >= 0.3 is 0 Å². The fourth-order valence-electron chi connectivity index (χ4n) is 0.845. The summed E-state index contributed by atoms with van der Waals surface area (Å²) < 4.78 is 0. The standard InChI is InChI=1S/C8H14N4S2/c1-2-3-13-4-6-5-14-8(11-6)12-7(9)10/h5H,2-4H2,1H3,(H4,9,10,11,12). The van der Waals surface area contributed by atoms with Crippen molar-refractivity contribution in [2.75, 3.05) is 5.75 Å². The van der Waals surface area contributed by atoms with E-state index in [0.29, 0.717) is 5.13 Å². The average molecular weight is 230 g/mol. The number of guanidine groups is 1. The first-order valence-electron chi connectivity index (χ1n) is 4.34. The van der Waals surface area contributed by atoms with Crippen molar-refractivity contribution in [2.45, 2.75) is 19.1 Å². The molecule has 0 radical (unpaired) electrons. The lowest BCUT2D eigenvalue weighted by molar-refractivity contribution is 1.10. The van der Waals surface area contributed by atoms with Crippen molar-refractivity contribution < 1.29 is 0 Å². The topological polar surface area (TPSA) is 77.3 Å². The van der Waals surface area contributed by atoms with E-state index < -0.39 is 0 Å². The average Bonchev–Trinajstić information content (AvgIpc) is 2.52. The van der Waals surface area contributed by atoms with Crippen LogP contribution in [0.15, 0.2) is 10.4 Å². The zero-order valence-electron chi connectivity index (χ0n) is 8.06. The van der Waals surface area contributed by atoms with E-state index in [2.05, 4.69) is 16.9 Å². The largest absolute Gasteiger partial charge is 0.370 e. The number of aromatic nitrogens is 1. The summed E-state index contributed by atoms with van der Waals surface area (Å²) in [6, 6.07) is 0. The summed E-state index contributed by atoms with van der Waals surface area (Å²) in [5.41, 5.74) is 11.5. The highest BCUT2D eigenvalue weighted by Gasteiger charge is 2.00. The zero-order valence-corrected chi connectivity index (χ0v) is 9.70. The molecule has 1 rings (SSSR count). The first-order chi connectivity index (χ1) is 6.72. The number of hydrogen-bond acceptors (Lipinski definition) is 4. The van der Waals surface area contributed by atoms with Gasteiger partial charge in [0.15, 0.2) is 5.96 Å². The second-order valence-corrected chi connectivity index (χ2v) is 4.65. The van der Waals surface area contributed by atoms with E-state index in [0.717, 1.165) is 17.2 Å². The summed E-state index contributed by atoms with van der Waals surface area (Å²) in [5, 5.41) is 2.63. The van der Waals surface area contributed by atoms with Crippen LogP contribution < -0.4 is 11.5 Å². The van der Waals surface area contributed by atoms with Gasteiger partial charge < -0.3 is 11.5 Å². The van der Waals surface area contributed by atoms with Crippen LogP contribution in [0.4, 0.5) is 5.13 Å². The highest BCUT2D eigenvalue weighted by Crippen LogP contribution is 2.21. The van der Waals surface area contributed by atoms with Gasteiger partial charge in [-0.2, -0.15) is 16.8 Å². The molecule has 0 fully saturated rings. The van der Waals surface area contributed by atoms with Crippen LogP contribution in [0, 0.1) is 0 Å². The molecule has 0 amide bonds. The molecule has 0 saturated carbocycles. The van der Waals surface area contributed by atoms with Gasteiger partial charge in [-0.1, -0.05) is 6.92 Å². The predicted molar refractivity (Wildman–Crippen MR) is 64.0 cm³/mol. The Morgan fingerprint density at radius 2 is 2.43 bits per heavy atom. The third-order valence-corrected chi connectivity index (χ3v) is 3.34. The van der Waals surface area contributed by atoms with Crippen molar-refractivity contribution in [3.8, 4) is 0 Å². The predicted octanol–water partition coefficient (Wildman–Crippen LogP) is 1.69. The van der Waals surface area contributed by atoms with Gasteiger partial charge in [0.2, 0.25) is 5.13 Å². The van der Waals surface area contributed by atoms with E-state index in [-0.39, 0.29) is 5.96 Å². The zero-order chi connectivity index (χ0) is 10.4. The van der Waals surface area contributed by atoms with Gasteiger partial charge in [0, 0.05) is 11.1 Å². The van der Waals surface area contributed by atoms with E-state index in [9.17, 15) is 0 Å². The van der Waals surface area contributed by atoms with Crippen LogP contribution in [-0.4, -0.2) is 16.7 Å². The van der Waals surface area contributed by atoms with Gasteiger partial charge in [0.05, 0.1) is 5.69 Å². The second kappa shape index (κ2) is 5.87. The summed E-state index contributed by atoms with van der Waals surface area (Å²) in [6.45, 7) is 2.17. The van der Waals surface area contributed by atoms with Crippen molar-refractivity contribution in [1.82, 2.24) is 4.98 Å². The summed E-state index contributed by atoms with van der Waals surface area (Å²) in [5.74, 6) is 2.16. The number of hydrogen-bond donors (Lipinski definition) is 2. The summed E-state index contributed by atoms with van der Waals surface area (Å²) >= 11 is 3.34. The Kier molecular flexibility index (Phi) is 4.75. The minimum atomic E-state index is 0.0621. The fourth-order valence-corrected chi connectivity index (χ4v) is 2.45. The minimum absolute atomic E-state index is 0.0621. The molecule has 0 aliphatic carbocycles. The number of thiazole rings is 1. The monoisotopic (exact) mass is 230 g/mol.